The van der Waals surface area contributed by atoms with Crippen molar-refractivity contribution in [2.45, 2.75) is 6.54 Å². The van der Waals surface area contributed by atoms with Crippen LogP contribution in [0.1, 0.15) is 0 Å². The molecular formula is C5H10N4O2S. The molecule has 6 nitrogen and oxygen atoms in total. The molecule has 0 unspecified atom stereocenters. The third-order valence-corrected chi connectivity index (χ3v) is 2.24. The molecule has 12 heavy (non-hydrogen) atoms. The molecule has 1 rings (SSSR count). The lowest BCUT2D eigenvalue weighted by Crippen LogP contribution is -2.14. The fourth-order valence-electron chi connectivity index (χ4n) is 0.698. The number of nitrogen functional groups attached to an aromatic ring is 1. The Morgan fingerprint density at radius 1 is 1.67 bits per heavy atom. The van der Waals surface area contributed by atoms with E-state index in [1.807, 2.05) is 0 Å². The van der Waals surface area contributed by atoms with Gasteiger partial charge in [-0.15, -0.1) is 0 Å². The van der Waals surface area contributed by atoms with Crippen LogP contribution in [0.2, 0.25) is 0 Å². The van der Waals surface area contributed by atoms with Gasteiger partial charge < -0.3 is 5.73 Å². The molecule has 0 fully saturated rings. The minimum atomic E-state index is -2.96. The van der Waals surface area contributed by atoms with Gasteiger partial charge in [0.1, 0.15) is 16.2 Å². The highest BCUT2D eigenvalue weighted by atomic mass is 32.2. The molecule has 0 atom stereocenters. The van der Waals surface area contributed by atoms with Crippen molar-refractivity contribution in [1.82, 2.24) is 14.8 Å². The molecule has 1 aromatic rings. The fraction of sp³-hybridized carbons (Fsp3) is 0.600. The maximum absolute atomic E-state index is 10.7. The molecule has 0 bridgehead atoms. The second-order valence-electron chi connectivity index (χ2n) is 2.47. The van der Waals surface area contributed by atoms with E-state index in [1.54, 1.807) is 0 Å². The SMILES string of the molecule is CS(=O)(=O)CCn1ncnc1N. The van der Waals surface area contributed by atoms with E-state index in [0.717, 1.165) is 0 Å². The number of aryl methyl sites for hydroxylation is 1. The van der Waals surface area contributed by atoms with Gasteiger partial charge in [-0.1, -0.05) is 0 Å². The molecule has 0 saturated carbocycles. The molecule has 68 valence electrons. The average Bonchev–Trinajstić information content (AvgIpc) is 2.29. The van der Waals surface area contributed by atoms with Crippen molar-refractivity contribution in [3.05, 3.63) is 6.33 Å². The number of anilines is 1. The molecule has 0 spiro atoms. The summed E-state index contributed by atoms with van der Waals surface area (Å²) < 4.78 is 22.8. The summed E-state index contributed by atoms with van der Waals surface area (Å²) in [5.41, 5.74) is 5.36. The zero-order valence-electron chi connectivity index (χ0n) is 6.64. The van der Waals surface area contributed by atoms with Crippen molar-refractivity contribution in [1.29, 1.82) is 0 Å². The highest BCUT2D eigenvalue weighted by molar-refractivity contribution is 7.90. The molecule has 0 amide bonds. The Balaban J connectivity index is 2.61. The second kappa shape index (κ2) is 3.10. The Bertz CT molecular complexity index is 355. The van der Waals surface area contributed by atoms with Gasteiger partial charge in [0.15, 0.2) is 0 Å². The molecule has 2 N–H and O–H groups in total. The minimum absolute atomic E-state index is 0.0283. The first-order valence-corrected chi connectivity index (χ1v) is 5.36. The van der Waals surface area contributed by atoms with E-state index >= 15 is 0 Å². The van der Waals surface area contributed by atoms with Gasteiger partial charge in [-0.25, -0.2) is 18.1 Å². The smallest absolute Gasteiger partial charge is 0.218 e. The van der Waals surface area contributed by atoms with E-state index in [9.17, 15) is 8.42 Å². The van der Waals surface area contributed by atoms with Gasteiger partial charge in [-0.3, -0.25) is 0 Å². The Morgan fingerprint density at radius 3 is 2.75 bits per heavy atom. The molecule has 0 aromatic carbocycles. The topological polar surface area (TPSA) is 90.9 Å². The molecular weight excluding hydrogens is 180 g/mol. The second-order valence-corrected chi connectivity index (χ2v) is 4.73. The lowest BCUT2D eigenvalue weighted by atomic mass is 10.7. The first-order chi connectivity index (χ1) is 5.49. The number of rotatable bonds is 3. The Morgan fingerprint density at radius 2 is 2.33 bits per heavy atom. The van der Waals surface area contributed by atoms with Gasteiger partial charge in [-0.05, 0) is 0 Å². The standard InChI is InChI=1S/C5H10N4O2S/c1-12(10,11)3-2-9-5(6)7-4-8-9/h4H,2-3H2,1H3,(H2,6,7,8). The summed E-state index contributed by atoms with van der Waals surface area (Å²) in [4.78, 5) is 3.65. The highest BCUT2D eigenvalue weighted by Crippen LogP contribution is 1.95. The van der Waals surface area contributed by atoms with Crippen LogP contribution < -0.4 is 5.73 Å². The Hall–Kier alpha value is -1.11. The molecule has 1 heterocycles. The predicted molar refractivity (Wildman–Crippen MR) is 44.1 cm³/mol. The lowest BCUT2D eigenvalue weighted by molar-refractivity contribution is 0.587. The van der Waals surface area contributed by atoms with Crippen LogP contribution in [-0.4, -0.2) is 35.2 Å². The number of hydrogen-bond donors (Lipinski definition) is 1. The first-order valence-electron chi connectivity index (χ1n) is 3.30. The van der Waals surface area contributed by atoms with Gasteiger partial charge >= 0.3 is 0 Å². The largest absolute Gasteiger partial charge is 0.368 e. The summed E-state index contributed by atoms with van der Waals surface area (Å²) in [6.07, 6.45) is 2.46. The number of aromatic nitrogens is 3. The van der Waals surface area contributed by atoms with Gasteiger partial charge in [0, 0.05) is 6.26 Å². The highest BCUT2D eigenvalue weighted by Gasteiger charge is 2.04. The number of nitrogens with zero attached hydrogens (tertiary/aromatic N) is 3. The Labute approximate surface area is 70.3 Å². The summed E-state index contributed by atoms with van der Waals surface area (Å²) in [7, 11) is -2.96. The van der Waals surface area contributed by atoms with Crippen molar-refractivity contribution in [3.63, 3.8) is 0 Å². The van der Waals surface area contributed by atoms with E-state index in [-0.39, 0.29) is 18.2 Å². The zero-order chi connectivity index (χ0) is 9.19. The van der Waals surface area contributed by atoms with E-state index in [2.05, 4.69) is 10.1 Å². The normalized spacial score (nSPS) is 11.8. The van der Waals surface area contributed by atoms with Gasteiger partial charge in [0.25, 0.3) is 0 Å². The summed E-state index contributed by atoms with van der Waals surface area (Å²) >= 11 is 0. The van der Waals surface area contributed by atoms with Gasteiger partial charge in [0.05, 0.1) is 12.3 Å². The van der Waals surface area contributed by atoms with Crippen LogP contribution in [0.3, 0.4) is 0 Å². The summed E-state index contributed by atoms with van der Waals surface area (Å²) in [6, 6.07) is 0. The van der Waals surface area contributed by atoms with E-state index in [1.165, 1.54) is 17.3 Å². The number of hydrogen-bond acceptors (Lipinski definition) is 5. The summed E-state index contributed by atoms with van der Waals surface area (Å²) in [5.74, 6) is 0.263. The van der Waals surface area contributed by atoms with Crippen LogP contribution in [0.25, 0.3) is 0 Å². The van der Waals surface area contributed by atoms with Gasteiger partial charge in [-0.2, -0.15) is 5.10 Å². The summed E-state index contributed by atoms with van der Waals surface area (Å²) in [5, 5.41) is 3.73. The van der Waals surface area contributed by atoms with Crippen LogP contribution >= 0.6 is 0 Å². The van der Waals surface area contributed by atoms with Crippen molar-refractivity contribution in [2.24, 2.45) is 0 Å². The predicted octanol–water partition coefficient (Wildman–Crippen LogP) is -1.10. The molecule has 0 aliphatic carbocycles. The minimum Gasteiger partial charge on any atom is -0.368 e. The lowest BCUT2D eigenvalue weighted by Gasteiger charge is -1.99. The van der Waals surface area contributed by atoms with E-state index in [4.69, 9.17) is 5.73 Å². The maximum Gasteiger partial charge on any atom is 0.218 e. The van der Waals surface area contributed by atoms with Gasteiger partial charge in [0.2, 0.25) is 5.95 Å². The fourth-order valence-corrected chi connectivity index (χ4v) is 1.20. The zero-order valence-corrected chi connectivity index (χ0v) is 7.45. The molecule has 0 radical (unpaired) electrons. The monoisotopic (exact) mass is 190 g/mol. The third-order valence-electron chi connectivity index (χ3n) is 1.32. The van der Waals surface area contributed by atoms with Crippen LogP contribution in [0, 0.1) is 0 Å². The van der Waals surface area contributed by atoms with Crippen LogP contribution in [0.4, 0.5) is 5.95 Å². The molecule has 0 aliphatic rings. The van der Waals surface area contributed by atoms with Crippen molar-refractivity contribution in [3.8, 4) is 0 Å². The Kier molecular flexibility index (Phi) is 2.32. The number of nitrogens with two attached hydrogens (primary N) is 1. The molecule has 0 aliphatic heterocycles. The maximum atomic E-state index is 10.7. The van der Waals surface area contributed by atoms with E-state index in [0.29, 0.717) is 0 Å². The molecule has 1 aromatic heterocycles. The number of sulfone groups is 1. The third kappa shape index (κ3) is 2.50. The van der Waals surface area contributed by atoms with Crippen molar-refractivity contribution >= 4 is 15.8 Å². The average molecular weight is 190 g/mol. The summed E-state index contributed by atoms with van der Waals surface area (Å²) in [6.45, 7) is 0.255. The molecule has 0 saturated heterocycles. The van der Waals surface area contributed by atoms with Crippen LogP contribution in [0.5, 0.6) is 0 Å². The quantitative estimate of drug-likeness (QED) is 0.653. The van der Waals surface area contributed by atoms with Crippen molar-refractivity contribution in [2.75, 3.05) is 17.7 Å². The molecule has 7 heteroatoms. The van der Waals surface area contributed by atoms with Crippen LogP contribution in [-0.2, 0) is 16.4 Å². The van der Waals surface area contributed by atoms with E-state index < -0.39 is 9.84 Å². The first kappa shape index (κ1) is 8.98. The van der Waals surface area contributed by atoms with Crippen molar-refractivity contribution < 1.29 is 8.42 Å². The van der Waals surface area contributed by atoms with Crippen LogP contribution in [0.15, 0.2) is 6.33 Å².